The number of carbonyl (C=O) groups is 1. The molecule has 0 heterocycles. The Morgan fingerprint density at radius 3 is 2.65 bits per heavy atom. The SMILES string of the molecule is C=CCOCCC(NC[C@H](O)[C@H](Cc1ccccc1)NC(=O)O)c1cccc(OC)c1. The highest BCUT2D eigenvalue weighted by Crippen LogP contribution is 2.22. The summed E-state index contributed by atoms with van der Waals surface area (Å²) in [6, 6.07) is 16.5. The first-order chi connectivity index (χ1) is 15.0. The number of aliphatic hydroxyl groups is 1. The zero-order valence-electron chi connectivity index (χ0n) is 17.9. The molecular weight excluding hydrogens is 396 g/mol. The molecule has 0 saturated heterocycles. The van der Waals surface area contributed by atoms with Crippen molar-refractivity contribution in [1.82, 2.24) is 10.6 Å². The highest BCUT2D eigenvalue weighted by atomic mass is 16.5. The average molecular weight is 429 g/mol. The molecule has 2 rings (SSSR count). The molecule has 0 aliphatic carbocycles. The van der Waals surface area contributed by atoms with E-state index in [-0.39, 0.29) is 12.6 Å². The maximum atomic E-state index is 11.3. The first-order valence-electron chi connectivity index (χ1n) is 10.3. The Bertz CT molecular complexity index is 800. The quantitative estimate of drug-likeness (QED) is 0.272. The molecule has 0 aliphatic rings. The minimum atomic E-state index is -1.16. The Hall–Kier alpha value is -2.87. The average Bonchev–Trinajstić information content (AvgIpc) is 2.78. The third-order valence-electron chi connectivity index (χ3n) is 4.93. The summed E-state index contributed by atoms with van der Waals surface area (Å²) in [7, 11) is 1.62. The summed E-state index contributed by atoms with van der Waals surface area (Å²) in [5.74, 6) is 0.742. The van der Waals surface area contributed by atoms with Gasteiger partial charge in [-0.25, -0.2) is 4.79 Å². The molecule has 1 amide bonds. The number of methoxy groups -OCH3 is 1. The van der Waals surface area contributed by atoms with Gasteiger partial charge >= 0.3 is 6.09 Å². The van der Waals surface area contributed by atoms with Gasteiger partial charge in [0.2, 0.25) is 0 Å². The van der Waals surface area contributed by atoms with Crippen LogP contribution in [0.15, 0.2) is 67.3 Å². The highest BCUT2D eigenvalue weighted by molar-refractivity contribution is 5.65. The first-order valence-corrected chi connectivity index (χ1v) is 10.3. The van der Waals surface area contributed by atoms with Crippen LogP contribution in [0, 0.1) is 0 Å². The maximum absolute atomic E-state index is 11.3. The number of carboxylic acid groups (broad SMARTS) is 1. The minimum Gasteiger partial charge on any atom is -0.497 e. The molecule has 7 heteroatoms. The Morgan fingerprint density at radius 2 is 1.97 bits per heavy atom. The summed E-state index contributed by atoms with van der Waals surface area (Å²) in [5, 5.41) is 25.8. The van der Waals surface area contributed by atoms with Crippen LogP contribution in [0.25, 0.3) is 0 Å². The summed E-state index contributed by atoms with van der Waals surface area (Å²) in [5.41, 5.74) is 1.95. The molecule has 0 spiro atoms. The van der Waals surface area contributed by atoms with Gasteiger partial charge in [-0.05, 0) is 36.1 Å². The third-order valence-corrected chi connectivity index (χ3v) is 4.93. The molecule has 0 bridgehead atoms. The normalized spacial score (nSPS) is 13.7. The Labute approximate surface area is 183 Å². The van der Waals surface area contributed by atoms with E-state index >= 15 is 0 Å². The van der Waals surface area contributed by atoms with Gasteiger partial charge in [-0.3, -0.25) is 0 Å². The van der Waals surface area contributed by atoms with E-state index < -0.39 is 18.2 Å². The van der Waals surface area contributed by atoms with Gasteiger partial charge < -0.3 is 30.3 Å². The first kappa shape index (κ1) is 24.4. The van der Waals surface area contributed by atoms with Crippen molar-refractivity contribution in [3.05, 3.63) is 78.4 Å². The molecule has 2 aromatic carbocycles. The molecule has 4 N–H and O–H groups in total. The lowest BCUT2D eigenvalue weighted by Gasteiger charge is -2.26. The Kier molecular flexibility index (Phi) is 10.6. The number of aliphatic hydroxyl groups excluding tert-OH is 1. The summed E-state index contributed by atoms with van der Waals surface area (Å²) < 4.78 is 10.9. The molecule has 31 heavy (non-hydrogen) atoms. The third kappa shape index (κ3) is 8.80. The summed E-state index contributed by atoms with van der Waals surface area (Å²) in [6.45, 7) is 4.84. The van der Waals surface area contributed by atoms with Crippen molar-refractivity contribution < 1.29 is 24.5 Å². The van der Waals surface area contributed by atoms with Gasteiger partial charge in [-0.15, -0.1) is 6.58 Å². The smallest absolute Gasteiger partial charge is 0.404 e. The van der Waals surface area contributed by atoms with Gasteiger partial charge in [0.25, 0.3) is 0 Å². The van der Waals surface area contributed by atoms with E-state index in [0.29, 0.717) is 26.1 Å². The second-order valence-electron chi connectivity index (χ2n) is 7.20. The molecule has 0 saturated carbocycles. The van der Waals surface area contributed by atoms with E-state index in [1.807, 2.05) is 54.6 Å². The van der Waals surface area contributed by atoms with E-state index in [1.165, 1.54) is 0 Å². The van der Waals surface area contributed by atoms with Crippen molar-refractivity contribution in [2.75, 3.05) is 26.9 Å². The van der Waals surface area contributed by atoms with Crippen molar-refractivity contribution in [3.63, 3.8) is 0 Å². The minimum absolute atomic E-state index is 0.100. The van der Waals surface area contributed by atoms with E-state index in [0.717, 1.165) is 16.9 Å². The predicted octanol–water partition coefficient (Wildman–Crippen LogP) is 3.16. The monoisotopic (exact) mass is 428 g/mol. The van der Waals surface area contributed by atoms with Gasteiger partial charge in [0.05, 0.1) is 25.9 Å². The number of nitrogens with one attached hydrogen (secondary N) is 2. The molecule has 168 valence electrons. The zero-order chi connectivity index (χ0) is 22.5. The predicted molar refractivity (Wildman–Crippen MR) is 120 cm³/mol. The second kappa shape index (κ2) is 13.4. The van der Waals surface area contributed by atoms with Crippen LogP contribution in [0.5, 0.6) is 5.75 Å². The standard InChI is InChI=1S/C24H32N2O5/c1-3-13-31-14-12-21(19-10-7-11-20(16-19)30-2)25-17-23(27)22(26-24(28)29)15-18-8-5-4-6-9-18/h3-11,16,21-23,25-27H,1,12-15,17H2,2H3,(H,28,29)/t21?,22-,23-/m0/s1. The lowest BCUT2D eigenvalue weighted by molar-refractivity contribution is 0.110. The molecule has 2 aromatic rings. The number of benzene rings is 2. The highest BCUT2D eigenvalue weighted by Gasteiger charge is 2.23. The fourth-order valence-electron chi connectivity index (χ4n) is 3.33. The fourth-order valence-corrected chi connectivity index (χ4v) is 3.33. The Morgan fingerprint density at radius 1 is 1.19 bits per heavy atom. The van der Waals surface area contributed by atoms with Crippen molar-refractivity contribution in [2.24, 2.45) is 0 Å². The number of amides is 1. The molecule has 3 atom stereocenters. The number of hydrogen-bond acceptors (Lipinski definition) is 5. The van der Waals surface area contributed by atoms with Gasteiger partial charge in [-0.1, -0.05) is 48.5 Å². The number of ether oxygens (including phenoxy) is 2. The van der Waals surface area contributed by atoms with Gasteiger partial charge in [0, 0.05) is 19.2 Å². The lowest BCUT2D eigenvalue weighted by Crippen LogP contribution is -2.48. The van der Waals surface area contributed by atoms with Crippen LogP contribution in [0.4, 0.5) is 4.79 Å². The maximum Gasteiger partial charge on any atom is 0.404 e. The van der Waals surface area contributed by atoms with E-state index in [2.05, 4.69) is 17.2 Å². The van der Waals surface area contributed by atoms with Crippen LogP contribution in [-0.4, -0.2) is 55.3 Å². The molecular formula is C24H32N2O5. The molecule has 0 aromatic heterocycles. The summed E-state index contributed by atoms with van der Waals surface area (Å²) >= 11 is 0. The number of hydrogen-bond donors (Lipinski definition) is 4. The fraction of sp³-hybridized carbons (Fsp3) is 0.375. The van der Waals surface area contributed by atoms with Crippen LogP contribution in [0.3, 0.4) is 0 Å². The number of rotatable bonds is 14. The Balaban J connectivity index is 2.06. The van der Waals surface area contributed by atoms with E-state index in [1.54, 1.807) is 13.2 Å². The van der Waals surface area contributed by atoms with E-state index in [9.17, 15) is 15.0 Å². The van der Waals surface area contributed by atoms with Crippen LogP contribution in [0.1, 0.15) is 23.6 Å². The molecule has 0 aliphatic heterocycles. The van der Waals surface area contributed by atoms with Crippen LogP contribution < -0.4 is 15.4 Å². The van der Waals surface area contributed by atoms with Gasteiger partial charge in [0.15, 0.2) is 0 Å². The summed E-state index contributed by atoms with van der Waals surface area (Å²) in [4.78, 5) is 11.3. The molecule has 1 unspecified atom stereocenters. The van der Waals surface area contributed by atoms with Crippen LogP contribution in [0.2, 0.25) is 0 Å². The van der Waals surface area contributed by atoms with Crippen molar-refractivity contribution in [2.45, 2.75) is 31.0 Å². The van der Waals surface area contributed by atoms with Crippen molar-refractivity contribution in [1.29, 1.82) is 0 Å². The van der Waals surface area contributed by atoms with Crippen molar-refractivity contribution in [3.8, 4) is 5.75 Å². The van der Waals surface area contributed by atoms with Crippen LogP contribution >= 0.6 is 0 Å². The topological polar surface area (TPSA) is 100 Å². The van der Waals surface area contributed by atoms with Gasteiger partial charge in [-0.2, -0.15) is 0 Å². The summed E-state index contributed by atoms with van der Waals surface area (Å²) in [6.07, 6.45) is 0.676. The molecule has 0 fully saturated rings. The van der Waals surface area contributed by atoms with Crippen LogP contribution in [-0.2, 0) is 11.2 Å². The molecule has 0 radical (unpaired) electrons. The van der Waals surface area contributed by atoms with Crippen molar-refractivity contribution >= 4 is 6.09 Å². The largest absolute Gasteiger partial charge is 0.497 e. The molecule has 7 nitrogen and oxygen atoms in total. The second-order valence-corrected chi connectivity index (χ2v) is 7.20. The lowest BCUT2D eigenvalue weighted by atomic mass is 9.99. The zero-order valence-corrected chi connectivity index (χ0v) is 17.9. The van der Waals surface area contributed by atoms with Gasteiger partial charge in [0.1, 0.15) is 5.75 Å². The van der Waals surface area contributed by atoms with E-state index in [4.69, 9.17) is 9.47 Å².